The quantitative estimate of drug-likeness (QED) is 0.681. The first kappa shape index (κ1) is 21.9. The van der Waals surface area contributed by atoms with Gasteiger partial charge in [0.2, 0.25) is 10.0 Å². The van der Waals surface area contributed by atoms with E-state index in [0.29, 0.717) is 18.0 Å². The molecule has 1 amide bonds. The third-order valence-corrected chi connectivity index (χ3v) is 6.08. The molecule has 162 valence electrons. The van der Waals surface area contributed by atoms with Crippen molar-refractivity contribution in [3.63, 3.8) is 0 Å². The molecule has 1 N–H and O–H groups in total. The summed E-state index contributed by atoms with van der Waals surface area (Å²) in [5.74, 6) is 0.259. The number of hydrogen-bond donors (Lipinski definition) is 1. The van der Waals surface area contributed by atoms with Crippen LogP contribution in [0.15, 0.2) is 48.5 Å². The summed E-state index contributed by atoms with van der Waals surface area (Å²) in [6, 6.07) is 14.6. The molecule has 0 atom stereocenters. The first-order valence-electron chi connectivity index (χ1n) is 9.68. The lowest BCUT2D eigenvalue weighted by atomic mass is 10.2. The molecule has 1 saturated heterocycles. The molecule has 0 aromatic heterocycles. The Hall–Kier alpha value is -2.78. The number of anilines is 2. The Morgan fingerprint density at radius 2 is 1.73 bits per heavy atom. The van der Waals surface area contributed by atoms with Crippen LogP contribution in [0.1, 0.15) is 5.56 Å². The molecule has 1 aliphatic heterocycles. The summed E-state index contributed by atoms with van der Waals surface area (Å²) in [6.07, 6.45) is 1.14. The van der Waals surface area contributed by atoms with Gasteiger partial charge in [-0.2, -0.15) is 0 Å². The number of benzene rings is 2. The van der Waals surface area contributed by atoms with Crippen LogP contribution >= 0.6 is 0 Å². The van der Waals surface area contributed by atoms with Gasteiger partial charge in [0.05, 0.1) is 25.2 Å². The van der Waals surface area contributed by atoms with Crippen molar-refractivity contribution in [2.24, 2.45) is 0 Å². The molecule has 0 radical (unpaired) electrons. The Balaban J connectivity index is 1.43. The Kier molecular flexibility index (Phi) is 7.17. The fraction of sp³-hybridized carbons (Fsp3) is 0.381. The van der Waals surface area contributed by atoms with Crippen molar-refractivity contribution in [3.05, 3.63) is 54.1 Å². The van der Waals surface area contributed by atoms with E-state index in [1.807, 2.05) is 12.1 Å². The zero-order valence-electron chi connectivity index (χ0n) is 17.2. The number of carbonyl (C=O) groups is 1. The van der Waals surface area contributed by atoms with E-state index in [0.717, 1.165) is 43.8 Å². The van der Waals surface area contributed by atoms with Gasteiger partial charge in [-0.05, 0) is 42.0 Å². The van der Waals surface area contributed by atoms with Crippen LogP contribution in [0.3, 0.4) is 0 Å². The van der Waals surface area contributed by atoms with E-state index >= 15 is 0 Å². The smallest absolute Gasteiger partial charge is 0.258 e. The molecule has 0 bridgehead atoms. The molecule has 8 nitrogen and oxygen atoms in total. The lowest BCUT2D eigenvalue weighted by Crippen LogP contribution is -2.36. The fourth-order valence-corrected chi connectivity index (χ4v) is 3.50. The molecule has 0 aliphatic carbocycles. The van der Waals surface area contributed by atoms with Gasteiger partial charge in [-0.15, -0.1) is 0 Å². The summed E-state index contributed by atoms with van der Waals surface area (Å²) < 4.78 is 35.1. The normalized spacial score (nSPS) is 14.3. The topological polar surface area (TPSA) is 88.2 Å². The van der Waals surface area contributed by atoms with Crippen LogP contribution in [0.25, 0.3) is 0 Å². The molecule has 3 rings (SSSR count). The summed E-state index contributed by atoms with van der Waals surface area (Å²) in [7, 11) is -1.84. The van der Waals surface area contributed by atoms with Gasteiger partial charge in [0.15, 0.2) is 6.61 Å². The Morgan fingerprint density at radius 3 is 2.33 bits per heavy atom. The van der Waals surface area contributed by atoms with Crippen LogP contribution in [-0.4, -0.2) is 60.5 Å². The number of morpholine rings is 1. The molecular formula is C21H27N3O5S. The predicted octanol–water partition coefficient (Wildman–Crippen LogP) is 1.61. The van der Waals surface area contributed by atoms with Gasteiger partial charge < -0.3 is 19.7 Å². The molecule has 1 fully saturated rings. The minimum Gasteiger partial charge on any atom is -0.484 e. The lowest BCUT2D eigenvalue weighted by Gasteiger charge is -2.28. The van der Waals surface area contributed by atoms with E-state index in [1.165, 1.54) is 11.4 Å². The van der Waals surface area contributed by atoms with Crippen molar-refractivity contribution in [2.45, 2.75) is 6.54 Å². The molecule has 30 heavy (non-hydrogen) atoms. The van der Waals surface area contributed by atoms with Crippen molar-refractivity contribution in [1.29, 1.82) is 0 Å². The van der Waals surface area contributed by atoms with Crippen LogP contribution in [0, 0.1) is 0 Å². The molecule has 2 aromatic rings. The Bertz CT molecular complexity index is 940. The molecule has 9 heteroatoms. The van der Waals surface area contributed by atoms with Gasteiger partial charge in [-0.25, -0.2) is 8.42 Å². The molecule has 1 aliphatic rings. The highest BCUT2D eigenvalue weighted by Gasteiger charge is 2.12. The zero-order chi connectivity index (χ0) is 21.6. The molecule has 2 aromatic carbocycles. The van der Waals surface area contributed by atoms with Crippen molar-refractivity contribution < 1.29 is 22.7 Å². The van der Waals surface area contributed by atoms with Crippen molar-refractivity contribution in [1.82, 2.24) is 5.32 Å². The summed E-state index contributed by atoms with van der Waals surface area (Å²) in [6.45, 7) is 3.57. The molecular weight excluding hydrogens is 406 g/mol. The fourth-order valence-electron chi connectivity index (χ4n) is 2.99. The van der Waals surface area contributed by atoms with E-state index in [2.05, 4.69) is 22.3 Å². The van der Waals surface area contributed by atoms with Crippen LogP contribution in [0.2, 0.25) is 0 Å². The van der Waals surface area contributed by atoms with Crippen LogP contribution in [0.5, 0.6) is 5.75 Å². The van der Waals surface area contributed by atoms with E-state index < -0.39 is 10.0 Å². The number of sulfonamides is 1. The third-order valence-electron chi connectivity index (χ3n) is 4.87. The highest BCUT2D eigenvalue weighted by Crippen LogP contribution is 2.20. The summed E-state index contributed by atoms with van der Waals surface area (Å²) in [4.78, 5) is 14.3. The maximum absolute atomic E-state index is 12.1. The Morgan fingerprint density at radius 1 is 1.10 bits per heavy atom. The standard InChI is InChI=1S/C21H27N3O5S/c1-23(30(2,26)27)18-7-9-20(10-8-18)29-16-21(25)22-15-17-3-5-19(6-4-17)24-11-13-28-14-12-24/h3-10H,11-16H2,1-2H3,(H,22,25). The monoisotopic (exact) mass is 433 g/mol. The van der Waals surface area contributed by atoms with E-state index in [4.69, 9.17) is 9.47 Å². The highest BCUT2D eigenvalue weighted by atomic mass is 32.2. The van der Waals surface area contributed by atoms with Gasteiger partial charge in [0.25, 0.3) is 5.91 Å². The maximum Gasteiger partial charge on any atom is 0.258 e. The third kappa shape index (κ3) is 6.11. The largest absolute Gasteiger partial charge is 0.484 e. The highest BCUT2D eigenvalue weighted by molar-refractivity contribution is 7.92. The summed E-state index contributed by atoms with van der Waals surface area (Å²) in [5.41, 5.74) is 2.69. The Labute approximate surface area is 177 Å². The predicted molar refractivity (Wildman–Crippen MR) is 117 cm³/mol. The number of nitrogens with zero attached hydrogens (tertiary/aromatic N) is 2. The average molecular weight is 434 g/mol. The van der Waals surface area contributed by atoms with Crippen LogP contribution in [-0.2, 0) is 26.1 Å². The number of nitrogens with one attached hydrogen (secondary N) is 1. The van der Waals surface area contributed by atoms with Gasteiger partial charge >= 0.3 is 0 Å². The van der Waals surface area contributed by atoms with Gasteiger partial charge in [-0.1, -0.05) is 12.1 Å². The second-order valence-electron chi connectivity index (χ2n) is 7.06. The minimum absolute atomic E-state index is 0.118. The number of carbonyl (C=O) groups excluding carboxylic acids is 1. The second kappa shape index (κ2) is 9.82. The van der Waals surface area contributed by atoms with Crippen LogP contribution < -0.4 is 19.3 Å². The SMILES string of the molecule is CN(c1ccc(OCC(=O)NCc2ccc(N3CCOCC3)cc2)cc1)S(C)(=O)=O. The molecule has 0 unspecified atom stereocenters. The van der Waals surface area contributed by atoms with E-state index in [9.17, 15) is 13.2 Å². The molecule has 1 heterocycles. The first-order valence-corrected chi connectivity index (χ1v) is 11.5. The summed E-state index contributed by atoms with van der Waals surface area (Å²) >= 11 is 0. The number of rotatable bonds is 8. The van der Waals surface area contributed by atoms with Crippen molar-refractivity contribution in [2.75, 3.05) is 55.4 Å². The first-order chi connectivity index (χ1) is 14.3. The second-order valence-corrected chi connectivity index (χ2v) is 9.07. The zero-order valence-corrected chi connectivity index (χ0v) is 18.0. The van der Waals surface area contributed by atoms with Gasteiger partial charge in [0.1, 0.15) is 5.75 Å². The number of ether oxygens (including phenoxy) is 2. The van der Waals surface area contributed by atoms with E-state index in [-0.39, 0.29) is 12.5 Å². The van der Waals surface area contributed by atoms with Crippen LogP contribution in [0.4, 0.5) is 11.4 Å². The molecule has 0 saturated carbocycles. The lowest BCUT2D eigenvalue weighted by molar-refractivity contribution is -0.123. The number of hydrogen-bond acceptors (Lipinski definition) is 6. The number of amides is 1. The maximum atomic E-state index is 12.1. The van der Waals surface area contributed by atoms with E-state index in [1.54, 1.807) is 24.3 Å². The summed E-state index contributed by atoms with van der Waals surface area (Å²) in [5, 5.41) is 2.83. The van der Waals surface area contributed by atoms with Gasteiger partial charge in [-0.3, -0.25) is 9.10 Å². The van der Waals surface area contributed by atoms with Crippen molar-refractivity contribution >= 4 is 27.3 Å². The van der Waals surface area contributed by atoms with Gasteiger partial charge in [0, 0.05) is 32.4 Å². The van der Waals surface area contributed by atoms with Crippen molar-refractivity contribution in [3.8, 4) is 5.75 Å². The minimum atomic E-state index is -3.32. The average Bonchev–Trinajstić information content (AvgIpc) is 2.76. The molecule has 0 spiro atoms.